The molecule has 2 amide bonds. The molecule has 2 atom stereocenters. The van der Waals surface area contributed by atoms with Crippen LogP contribution in [-0.4, -0.2) is 40.0 Å². The number of nitrogens with zero attached hydrogens (tertiary/aromatic N) is 2. The van der Waals surface area contributed by atoms with E-state index in [4.69, 9.17) is 4.74 Å². The highest BCUT2D eigenvalue weighted by atomic mass is 32.1. The van der Waals surface area contributed by atoms with E-state index in [1.807, 2.05) is 16.1 Å². The van der Waals surface area contributed by atoms with Crippen molar-refractivity contribution in [3.8, 4) is 0 Å². The minimum Gasteiger partial charge on any atom is -0.462 e. The average molecular weight is 433 g/mol. The Morgan fingerprint density at radius 1 is 1.30 bits per heavy atom. The molecule has 0 aromatic carbocycles. The van der Waals surface area contributed by atoms with Crippen molar-refractivity contribution < 1.29 is 19.1 Å². The number of imidazole rings is 1. The highest BCUT2D eigenvalue weighted by Gasteiger charge is 2.32. The summed E-state index contributed by atoms with van der Waals surface area (Å²) in [7, 11) is 0. The van der Waals surface area contributed by atoms with Crippen LogP contribution in [0.25, 0.3) is 0 Å². The molecule has 0 radical (unpaired) electrons. The molecule has 9 heteroatoms. The normalized spacial score (nSPS) is 18.4. The summed E-state index contributed by atoms with van der Waals surface area (Å²) >= 11 is 1.23. The summed E-state index contributed by atoms with van der Waals surface area (Å²) in [5.74, 6) is -1.64. The van der Waals surface area contributed by atoms with Crippen molar-refractivity contribution in [3.05, 3.63) is 35.2 Å². The quantitative estimate of drug-likeness (QED) is 0.517. The molecule has 1 fully saturated rings. The third kappa shape index (κ3) is 5.08. The number of anilines is 1. The predicted molar refractivity (Wildman–Crippen MR) is 114 cm³/mol. The van der Waals surface area contributed by atoms with E-state index in [1.54, 1.807) is 19.4 Å². The molecule has 8 nitrogen and oxygen atoms in total. The van der Waals surface area contributed by atoms with E-state index in [0.29, 0.717) is 22.9 Å². The van der Waals surface area contributed by atoms with Crippen LogP contribution in [0.1, 0.15) is 62.0 Å². The minimum absolute atomic E-state index is 0.0822. The number of carbonyl (C=O) groups excluding carboxylic acids is 3. The van der Waals surface area contributed by atoms with Gasteiger partial charge in [0.25, 0.3) is 0 Å². The molecule has 3 rings (SSSR count). The van der Waals surface area contributed by atoms with Crippen LogP contribution in [0.4, 0.5) is 5.00 Å². The lowest BCUT2D eigenvalue weighted by molar-refractivity contribution is -0.136. The van der Waals surface area contributed by atoms with E-state index in [-0.39, 0.29) is 18.7 Å². The monoisotopic (exact) mass is 432 g/mol. The van der Waals surface area contributed by atoms with Gasteiger partial charge in [0, 0.05) is 12.4 Å². The Kier molecular flexibility index (Phi) is 7.25. The number of aromatic nitrogens is 2. The summed E-state index contributed by atoms with van der Waals surface area (Å²) in [6.07, 6.45) is 8.65. The van der Waals surface area contributed by atoms with E-state index >= 15 is 0 Å². The van der Waals surface area contributed by atoms with Gasteiger partial charge in [-0.05, 0) is 49.5 Å². The number of hydrogen-bond donors (Lipinski definition) is 2. The topological polar surface area (TPSA) is 102 Å². The number of hydrogen-bond acceptors (Lipinski definition) is 6. The lowest BCUT2D eigenvalue weighted by atomic mass is 10.0. The molecule has 1 aliphatic rings. The van der Waals surface area contributed by atoms with Gasteiger partial charge in [0.2, 0.25) is 0 Å². The fourth-order valence-electron chi connectivity index (χ4n) is 3.83. The minimum atomic E-state index is -0.783. The number of amides is 2. The molecular formula is C21H28N4O4S. The zero-order valence-electron chi connectivity index (χ0n) is 17.5. The molecule has 0 bridgehead atoms. The van der Waals surface area contributed by atoms with Crippen molar-refractivity contribution in [1.82, 2.24) is 14.9 Å². The van der Waals surface area contributed by atoms with Crippen LogP contribution in [0.5, 0.6) is 0 Å². The van der Waals surface area contributed by atoms with Crippen LogP contribution in [0.2, 0.25) is 0 Å². The maximum Gasteiger partial charge on any atom is 0.341 e. The fraction of sp³-hybridized carbons (Fsp3) is 0.524. The Labute approximate surface area is 180 Å². The predicted octanol–water partition coefficient (Wildman–Crippen LogP) is 3.17. The molecule has 0 saturated heterocycles. The van der Waals surface area contributed by atoms with Crippen molar-refractivity contribution in [1.29, 1.82) is 0 Å². The first kappa shape index (κ1) is 22.0. The van der Waals surface area contributed by atoms with Crippen molar-refractivity contribution in [3.63, 3.8) is 0 Å². The average Bonchev–Trinajstić information content (AvgIpc) is 3.42. The molecule has 2 aromatic rings. The van der Waals surface area contributed by atoms with Gasteiger partial charge in [0.05, 0.1) is 30.6 Å². The smallest absolute Gasteiger partial charge is 0.341 e. The van der Waals surface area contributed by atoms with Crippen molar-refractivity contribution in [2.75, 3.05) is 11.9 Å². The number of ether oxygens (including phenoxy) is 1. The fourth-order valence-corrected chi connectivity index (χ4v) is 4.79. The second-order valence-corrected chi connectivity index (χ2v) is 8.71. The zero-order valence-corrected chi connectivity index (χ0v) is 18.3. The lowest BCUT2D eigenvalue weighted by Gasteiger charge is -2.21. The number of rotatable bonds is 7. The van der Waals surface area contributed by atoms with Crippen LogP contribution < -0.4 is 10.6 Å². The largest absolute Gasteiger partial charge is 0.462 e. The molecule has 0 unspecified atom stereocenters. The van der Waals surface area contributed by atoms with Gasteiger partial charge in [-0.25, -0.2) is 9.78 Å². The van der Waals surface area contributed by atoms with E-state index in [9.17, 15) is 14.4 Å². The third-order valence-corrected chi connectivity index (χ3v) is 6.06. The molecule has 1 aliphatic carbocycles. The Morgan fingerprint density at radius 3 is 2.77 bits per heavy atom. The SMILES string of the molecule is CCOC(=O)c1c(CC(C)C)csc1NC(=O)C(=O)N[C@@H]1CCC[C@@H]1n1ccnc1. The maximum absolute atomic E-state index is 12.6. The molecule has 162 valence electrons. The summed E-state index contributed by atoms with van der Waals surface area (Å²) < 4.78 is 7.13. The van der Waals surface area contributed by atoms with Gasteiger partial charge in [0.1, 0.15) is 5.00 Å². The summed E-state index contributed by atoms with van der Waals surface area (Å²) in [6.45, 7) is 6.07. The van der Waals surface area contributed by atoms with Gasteiger partial charge < -0.3 is 19.9 Å². The molecule has 1 saturated carbocycles. The van der Waals surface area contributed by atoms with E-state index in [2.05, 4.69) is 29.5 Å². The lowest BCUT2D eigenvalue weighted by Crippen LogP contribution is -2.43. The zero-order chi connectivity index (χ0) is 21.7. The van der Waals surface area contributed by atoms with E-state index < -0.39 is 17.8 Å². The summed E-state index contributed by atoms with van der Waals surface area (Å²) in [4.78, 5) is 41.6. The van der Waals surface area contributed by atoms with E-state index in [0.717, 1.165) is 24.8 Å². The van der Waals surface area contributed by atoms with Crippen LogP contribution in [0.15, 0.2) is 24.1 Å². The standard InChI is InChI=1S/C21H28N4O4S/c1-4-29-21(28)17-14(10-13(2)3)11-30-20(17)24-19(27)18(26)23-15-6-5-7-16(15)25-9-8-22-12-25/h8-9,11-13,15-16H,4-7,10H2,1-3H3,(H,23,26)(H,24,27)/t15-,16+/m1/s1. The number of carbonyl (C=O) groups is 3. The number of esters is 1. The Bertz CT molecular complexity index is 891. The van der Waals surface area contributed by atoms with Crippen molar-refractivity contribution >= 4 is 34.1 Å². The molecular weight excluding hydrogens is 404 g/mol. The van der Waals surface area contributed by atoms with Crippen LogP contribution in [0.3, 0.4) is 0 Å². The summed E-state index contributed by atoms with van der Waals surface area (Å²) in [6, 6.07) is -0.0551. The van der Waals surface area contributed by atoms with Crippen LogP contribution >= 0.6 is 11.3 Å². The maximum atomic E-state index is 12.6. The van der Waals surface area contributed by atoms with Crippen LogP contribution in [0, 0.1) is 5.92 Å². The second kappa shape index (κ2) is 9.88. The van der Waals surface area contributed by atoms with E-state index in [1.165, 1.54) is 11.3 Å². The molecule has 2 heterocycles. The van der Waals surface area contributed by atoms with Gasteiger partial charge in [-0.15, -0.1) is 11.3 Å². The van der Waals surface area contributed by atoms with Gasteiger partial charge in [0.15, 0.2) is 0 Å². The number of thiophene rings is 1. The molecule has 2 aromatic heterocycles. The third-order valence-electron chi connectivity index (χ3n) is 5.11. The Hall–Kier alpha value is -2.68. The Balaban J connectivity index is 1.69. The van der Waals surface area contributed by atoms with Crippen molar-refractivity contribution in [2.24, 2.45) is 5.92 Å². The summed E-state index contributed by atoms with van der Waals surface area (Å²) in [5.41, 5.74) is 1.16. The van der Waals surface area contributed by atoms with Gasteiger partial charge in [-0.2, -0.15) is 0 Å². The first-order chi connectivity index (χ1) is 14.4. The molecule has 0 aliphatic heterocycles. The first-order valence-electron chi connectivity index (χ1n) is 10.3. The molecule has 0 spiro atoms. The molecule has 30 heavy (non-hydrogen) atoms. The Morgan fingerprint density at radius 2 is 2.10 bits per heavy atom. The summed E-state index contributed by atoms with van der Waals surface area (Å²) in [5, 5.41) is 7.64. The highest BCUT2D eigenvalue weighted by molar-refractivity contribution is 7.15. The first-order valence-corrected chi connectivity index (χ1v) is 11.1. The highest BCUT2D eigenvalue weighted by Crippen LogP contribution is 2.32. The van der Waals surface area contributed by atoms with Gasteiger partial charge in [-0.3, -0.25) is 9.59 Å². The van der Waals surface area contributed by atoms with Gasteiger partial charge in [-0.1, -0.05) is 13.8 Å². The van der Waals surface area contributed by atoms with Gasteiger partial charge >= 0.3 is 17.8 Å². The van der Waals surface area contributed by atoms with Crippen LogP contribution in [-0.2, 0) is 20.7 Å². The second-order valence-electron chi connectivity index (χ2n) is 7.83. The number of nitrogens with one attached hydrogen (secondary N) is 2. The molecule has 2 N–H and O–H groups in total. The van der Waals surface area contributed by atoms with Crippen molar-refractivity contribution in [2.45, 2.75) is 58.5 Å².